The summed E-state index contributed by atoms with van der Waals surface area (Å²) in [7, 11) is 0. The molecular weight excluding hydrogens is 430 g/mol. The Bertz CT molecular complexity index is 1410. The number of aromatic nitrogens is 4. The second-order valence-corrected chi connectivity index (χ2v) is 10.4. The fourth-order valence-electron chi connectivity index (χ4n) is 6.35. The van der Waals surface area contributed by atoms with Crippen LogP contribution >= 0.6 is 0 Å². The van der Waals surface area contributed by atoms with Crippen LogP contribution in [0.15, 0.2) is 55.1 Å². The first-order chi connectivity index (χ1) is 16.4. The van der Waals surface area contributed by atoms with E-state index in [4.69, 9.17) is 19.9 Å². The minimum absolute atomic E-state index is 0.0119. The van der Waals surface area contributed by atoms with Crippen molar-refractivity contribution in [3.8, 4) is 5.75 Å². The van der Waals surface area contributed by atoms with Crippen molar-refractivity contribution in [2.45, 2.75) is 63.3 Å². The lowest BCUT2D eigenvalue weighted by atomic mass is 9.64. The zero-order valence-corrected chi connectivity index (χ0v) is 19.2. The second-order valence-electron chi connectivity index (χ2n) is 10.4. The van der Waals surface area contributed by atoms with E-state index in [1.165, 1.54) is 6.33 Å². The van der Waals surface area contributed by atoms with Crippen LogP contribution in [-0.2, 0) is 9.47 Å². The normalized spacial score (nSPS) is 31.7. The van der Waals surface area contributed by atoms with E-state index >= 15 is 0 Å². The van der Waals surface area contributed by atoms with Crippen molar-refractivity contribution < 1.29 is 14.2 Å². The quantitative estimate of drug-likeness (QED) is 0.491. The van der Waals surface area contributed by atoms with Gasteiger partial charge in [-0.05, 0) is 57.4 Å². The lowest BCUT2D eigenvalue weighted by molar-refractivity contribution is -0.185. The van der Waals surface area contributed by atoms with Crippen LogP contribution in [0.3, 0.4) is 0 Å². The van der Waals surface area contributed by atoms with Crippen LogP contribution in [0.2, 0.25) is 0 Å². The molecule has 1 spiro atoms. The zero-order valence-electron chi connectivity index (χ0n) is 19.2. The molecule has 4 heterocycles. The third-order valence-corrected chi connectivity index (χ3v) is 7.77. The fourth-order valence-corrected chi connectivity index (χ4v) is 6.35. The highest BCUT2D eigenvalue weighted by molar-refractivity contribution is 5.86. The van der Waals surface area contributed by atoms with Gasteiger partial charge in [0.15, 0.2) is 5.79 Å². The Labute approximate surface area is 197 Å². The van der Waals surface area contributed by atoms with Gasteiger partial charge in [-0.1, -0.05) is 6.07 Å². The van der Waals surface area contributed by atoms with Crippen molar-refractivity contribution in [2.75, 3.05) is 5.73 Å². The number of rotatable bonds is 3. The van der Waals surface area contributed by atoms with Gasteiger partial charge in [0.25, 0.3) is 0 Å². The first-order valence-electron chi connectivity index (χ1n) is 11.8. The highest BCUT2D eigenvalue weighted by Gasteiger charge is 2.66. The maximum atomic E-state index is 6.49. The Hall–Kier alpha value is -3.23. The smallest absolute Gasteiger partial charge is 0.163 e. The van der Waals surface area contributed by atoms with Crippen LogP contribution < -0.4 is 10.5 Å². The summed E-state index contributed by atoms with van der Waals surface area (Å²) in [5.74, 6) is 0.747. The molecule has 3 atom stereocenters. The van der Waals surface area contributed by atoms with Gasteiger partial charge in [-0.15, -0.1) is 0 Å². The highest BCUT2D eigenvalue weighted by atomic mass is 16.8. The van der Waals surface area contributed by atoms with Crippen molar-refractivity contribution in [2.24, 2.45) is 5.41 Å². The van der Waals surface area contributed by atoms with Crippen molar-refractivity contribution in [1.29, 1.82) is 0 Å². The molecule has 2 aliphatic carbocycles. The van der Waals surface area contributed by atoms with E-state index < -0.39 is 5.79 Å². The lowest BCUT2D eigenvalue weighted by Crippen LogP contribution is -2.50. The van der Waals surface area contributed by atoms with Crippen LogP contribution in [0, 0.1) is 5.41 Å². The minimum Gasteiger partial charge on any atom is -0.490 e. The average Bonchev–Trinajstić information content (AvgIpc) is 3.44. The summed E-state index contributed by atoms with van der Waals surface area (Å²) in [6.07, 6.45) is 8.32. The van der Waals surface area contributed by atoms with Gasteiger partial charge >= 0.3 is 0 Å². The Morgan fingerprint density at radius 2 is 1.94 bits per heavy atom. The summed E-state index contributed by atoms with van der Waals surface area (Å²) in [6, 6.07) is 12.2. The molecule has 1 aliphatic heterocycles. The third kappa shape index (κ3) is 2.95. The molecule has 2 N–H and O–H groups in total. The molecule has 0 radical (unpaired) electrons. The summed E-state index contributed by atoms with van der Waals surface area (Å²) in [6.45, 7) is 4.00. The van der Waals surface area contributed by atoms with Gasteiger partial charge in [0, 0.05) is 29.3 Å². The molecule has 3 aromatic heterocycles. The summed E-state index contributed by atoms with van der Waals surface area (Å²) in [5.41, 5.74) is 7.90. The number of ether oxygens (including phenoxy) is 3. The molecule has 3 aliphatic rings. The topological polar surface area (TPSA) is 97.3 Å². The number of nitrogens with two attached hydrogens (primary N) is 1. The largest absolute Gasteiger partial charge is 0.490 e. The molecule has 0 bridgehead atoms. The number of nitrogens with zero attached hydrogens (tertiary/aromatic N) is 4. The number of anilines is 1. The first kappa shape index (κ1) is 20.2. The monoisotopic (exact) mass is 457 g/mol. The predicted octanol–water partition coefficient (Wildman–Crippen LogP) is 4.25. The van der Waals surface area contributed by atoms with Crippen molar-refractivity contribution in [3.05, 3.63) is 55.1 Å². The van der Waals surface area contributed by atoms with Gasteiger partial charge in [0.1, 0.15) is 29.6 Å². The number of pyridine rings is 1. The first-order valence-corrected chi connectivity index (χ1v) is 11.8. The van der Waals surface area contributed by atoms with E-state index in [0.717, 1.165) is 46.9 Å². The molecule has 1 aromatic carbocycles. The Kier molecular flexibility index (Phi) is 4.09. The van der Waals surface area contributed by atoms with Crippen LogP contribution in [0.4, 0.5) is 5.82 Å². The summed E-state index contributed by atoms with van der Waals surface area (Å²) in [4.78, 5) is 13.1. The van der Waals surface area contributed by atoms with E-state index in [9.17, 15) is 0 Å². The lowest BCUT2D eigenvalue weighted by Gasteiger charge is -2.48. The standard InChI is InChI=1S/C26H27N5O3/c1-25(2)33-21-20(31-9-7-18-23(27)29-14-30-24(18)31)13-26(22(21)34-25)11-17(12-26)32-16-6-5-15-4-3-8-28-19(15)10-16/h3-10,14,17,20-22H,11-13H2,1-2H3,(H2,27,29,30)/t17-,20-,21+,22+,26+/m1/s1. The molecule has 1 saturated heterocycles. The minimum atomic E-state index is -0.617. The maximum Gasteiger partial charge on any atom is 0.163 e. The van der Waals surface area contributed by atoms with Gasteiger partial charge in [0.2, 0.25) is 0 Å². The van der Waals surface area contributed by atoms with Crippen LogP contribution in [0.5, 0.6) is 5.75 Å². The van der Waals surface area contributed by atoms with Gasteiger partial charge in [0.05, 0.1) is 29.2 Å². The predicted molar refractivity (Wildman–Crippen MR) is 127 cm³/mol. The second kappa shape index (κ2) is 6.90. The molecule has 7 rings (SSSR count). The molecule has 4 aromatic rings. The number of benzene rings is 1. The van der Waals surface area contributed by atoms with Gasteiger partial charge < -0.3 is 24.5 Å². The van der Waals surface area contributed by atoms with E-state index in [0.29, 0.717) is 5.82 Å². The van der Waals surface area contributed by atoms with Crippen molar-refractivity contribution in [3.63, 3.8) is 0 Å². The van der Waals surface area contributed by atoms with Gasteiger partial charge in [-0.2, -0.15) is 0 Å². The molecule has 3 fully saturated rings. The number of hydrogen-bond acceptors (Lipinski definition) is 7. The van der Waals surface area contributed by atoms with Crippen LogP contribution in [0.1, 0.15) is 39.2 Å². The zero-order chi connectivity index (χ0) is 23.1. The van der Waals surface area contributed by atoms with Crippen molar-refractivity contribution in [1.82, 2.24) is 19.5 Å². The number of hydrogen-bond donors (Lipinski definition) is 1. The highest BCUT2D eigenvalue weighted by Crippen LogP contribution is 2.62. The average molecular weight is 458 g/mol. The molecule has 8 nitrogen and oxygen atoms in total. The SMILES string of the molecule is CC1(C)O[C@H]2[C@H](n3ccc4c(N)ncnc43)C[C@]3(C[C@H](Oc4ccc5cccnc5c4)C3)[C@H]2O1. The molecule has 2 saturated carbocycles. The summed E-state index contributed by atoms with van der Waals surface area (Å²) in [5, 5.41) is 1.99. The molecular formula is C26H27N5O3. The van der Waals surface area contributed by atoms with E-state index in [-0.39, 0.29) is 29.8 Å². The van der Waals surface area contributed by atoms with Crippen molar-refractivity contribution >= 4 is 27.8 Å². The summed E-state index contributed by atoms with van der Waals surface area (Å²) >= 11 is 0. The van der Waals surface area contributed by atoms with Crippen LogP contribution in [-0.4, -0.2) is 43.6 Å². The molecule has 8 heteroatoms. The molecule has 174 valence electrons. The summed E-state index contributed by atoms with van der Waals surface area (Å²) < 4.78 is 21.5. The molecule has 0 unspecified atom stereocenters. The Morgan fingerprint density at radius 1 is 1.06 bits per heavy atom. The third-order valence-electron chi connectivity index (χ3n) is 7.77. The van der Waals surface area contributed by atoms with E-state index in [2.05, 4.69) is 37.8 Å². The van der Waals surface area contributed by atoms with E-state index in [1.807, 2.05) is 44.3 Å². The Morgan fingerprint density at radius 3 is 2.82 bits per heavy atom. The molecule has 0 amide bonds. The fraction of sp³-hybridized carbons (Fsp3) is 0.423. The molecule has 34 heavy (non-hydrogen) atoms. The maximum absolute atomic E-state index is 6.49. The Balaban J connectivity index is 1.16. The van der Waals surface area contributed by atoms with Gasteiger partial charge in [-0.3, -0.25) is 4.98 Å². The number of fused-ring (bicyclic) bond motifs is 4. The van der Waals surface area contributed by atoms with E-state index in [1.54, 1.807) is 0 Å². The number of nitrogen functional groups attached to an aromatic ring is 1. The van der Waals surface area contributed by atoms with Gasteiger partial charge in [-0.25, -0.2) is 9.97 Å². The van der Waals surface area contributed by atoms with Crippen LogP contribution in [0.25, 0.3) is 21.9 Å².